The van der Waals surface area contributed by atoms with Gasteiger partial charge in [0, 0.05) is 6.04 Å². The number of nitrogens with one attached hydrogen (secondary N) is 1. The lowest BCUT2D eigenvalue weighted by Gasteiger charge is -2.23. The van der Waals surface area contributed by atoms with Crippen molar-refractivity contribution in [3.63, 3.8) is 0 Å². The van der Waals surface area contributed by atoms with E-state index in [2.05, 4.69) is 46.3 Å². The van der Waals surface area contributed by atoms with Gasteiger partial charge < -0.3 is 5.32 Å². The van der Waals surface area contributed by atoms with E-state index in [4.69, 9.17) is 9.97 Å². The van der Waals surface area contributed by atoms with Crippen molar-refractivity contribution in [3.8, 4) is 5.13 Å². The molecule has 0 atom stereocenters. The third kappa shape index (κ3) is 2.68. The maximum Gasteiger partial charge on any atom is 0.210 e. The molecule has 0 spiro atoms. The molecule has 126 valence electrons. The van der Waals surface area contributed by atoms with Crippen LogP contribution in [0.4, 0.5) is 5.95 Å². The Morgan fingerprint density at radius 1 is 0.880 bits per heavy atom. The van der Waals surface area contributed by atoms with Gasteiger partial charge in [-0.1, -0.05) is 54.9 Å². The highest BCUT2D eigenvalue weighted by Gasteiger charge is 2.20. The molecule has 25 heavy (non-hydrogen) atoms. The summed E-state index contributed by atoms with van der Waals surface area (Å²) in [6, 6.07) is 17.1. The summed E-state index contributed by atoms with van der Waals surface area (Å²) in [7, 11) is 0. The fourth-order valence-electron chi connectivity index (χ4n) is 3.70. The number of thiazole rings is 1. The number of rotatable bonds is 3. The minimum Gasteiger partial charge on any atom is -0.353 e. The molecule has 0 amide bonds. The summed E-state index contributed by atoms with van der Waals surface area (Å²) in [6.07, 6.45) is 6.41. The highest BCUT2D eigenvalue weighted by molar-refractivity contribution is 7.20. The smallest absolute Gasteiger partial charge is 0.210 e. The van der Waals surface area contributed by atoms with Gasteiger partial charge in [0.05, 0.1) is 21.3 Å². The second-order valence-corrected chi connectivity index (χ2v) is 7.71. The Morgan fingerprint density at radius 3 is 2.48 bits per heavy atom. The average molecular weight is 348 g/mol. The average Bonchev–Trinajstić information content (AvgIpc) is 3.22. The number of hydrogen-bond donors (Lipinski definition) is 1. The van der Waals surface area contributed by atoms with E-state index in [9.17, 15) is 0 Å². The van der Waals surface area contributed by atoms with Crippen molar-refractivity contribution in [2.45, 2.75) is 38.1 Å². The van der Waals surface area contributed by atoms with Crippen LogP contribution in [0.25, 0.3) is 26.4 Å². The summed E-state index contributed by atoms with van der Waals surface area (Å²) < 4.78 is 3.40. The molecule has 2 heterocycles. The lowest BCUT2D eigenvalue weighted by Crippen LogP contribution is -2.24. The van der Waals surface area contributed by atoms with Gasteiger partial charge in [0.25, 0.3) is 0 Å². The fourth-order valence-corrected chi connectivity index (χ4v) is 4.68. The van der Waals surface area contributed by atoms with Crippen LogP contribution in [-0.2, 0) is 0 Å². The van der Waals surface area contributed by atoms with E-state index < -0.39 is 0 Å². The van der Waals surface area contributed by atoms with Crippen molar-refractivity contribution in [1.82, 2.24) is 14.5 Å². The molecule has 4 nitrogen and oxygen atoms in total. The fraction of sp³-hybridized carbons (Fsp3) is 0.300. The molecule has 2 aromatic heterocycles. The number of anilines is 1. The molecule has 0 radical (unpaired) electrons. The van der Waals surface area contributed by atoms with Crippen molar-refractivity contribution in [3.05, 3.63) is 48.5 Å². The molecule has 5 rings (SSSR count). The summed E-state index contributed by atoms with van der Waals surface area (Å²) in [5.74, 6) is 0.923. The molecule has 2 aromatic carbocycles. The lowest BCUT2D eigenvalue weighted by atomic mass is 9.96. The second-order valence-electron chi connectivity index (χ2n) is 6.70. The summed E-state index contributed by atoms with van der Waals surface area (Å²) in [4.78, 5) is 9.73. The third-order valence-electron chi connectivity index (χ3n) is 4.97. The molecule has 1 N–H and O–H groups in total. The van der Waals surface area contributed by atoms with Gasteiger partial charge in [0.1, 0.15) is 0 Å². The van der Waals surface area contributed by atoms with Crippen molar-refractivity contribution < 1.29 is 0 Å². The molecular weight excluding hydrogens is 328 g/mol. The van der Waals surface area contributed by atoms with Crippen molar-refractivity contribution >= 4 is 38.5 Å². The van der Waals surface area contributed by atoms with Crippen LogP contribution < -0.4 is 5.32 Å². The third-order valence-corrected chi connectivity index (χ3v) is 5.99. The first-order valence-corrected chi connectivity index (χ1v) is 9.80. The van der Waals surface area contributed by atoms with E-state index in [1.165, 1.54) is 36.8 Å². The van der Waals surface area contributed by atoms with E-state index >= 15 is 0 Å². The SMILES string of the molecule is c1ccc2sc(-n3c(NC4CCCCC4)nc4ccccc43)nc2c1. The Hall–Kier alpha value is -2.40. The molecule has 0 saturated heterocycles. The van der Waals surface area contributed by atoms with E-state index in [-0.39, 0.29) is 0 Å². The van der Waals surface area contributed by atoms with Crippen LogP contribution in [0.15, 0.2) is 48.5 Å². The van der Waals surface area contributed by atoms with Gasteiger partial charge in [-0.15, -0.1) is 0 Å². The predicted octanol–water partition coefficient (Wildman–Crippen LogP) is 5.38. The molecule has 1 saturated carbocycles. The minimum atomic E-state index is 0.513. The molecule has 1 fully saturated rings. The van der Waals surface area contributed by atoms with E-state index in [0.717, 1.165) is 27.6 Å². The van der Waals surface area contributed by atoms with Crippen molar-refractivity contribution in [2.24, 2.45) is 0 Å². The van der Waals surface area contributed by atoms with Crippen LogP contribution in [-0.4, -0.2) is 20.6 Å². The van der Waals surface area contributed by atoms with Gasteiger partial charge in [0.2, 0.25) is 5.95 Å². The maximum atomic E-state index is 4.87. The Balaban J connectivity index is 1.65. The van der Waals surface area contributed by atoms with E-state index in [1.807, 2.05) is 12.1 Å². The quantitative estimate of drug-likeness (QED) is 0.540. The zero-order valence-electron chi connectivity index (χ0n) is 14.0. The molecule has 4 aromatic rings. The number of imidazole rings is 1. The Morgan fingerprint density at radius 2 is 1.64 bits per heavy atom. The van der Waals surface area contributed by atoms with E-state index in [1.54, 1.807) is 11.3 Å². The zero-order valence-corrected chi connectivity index (χ0v) is 14.8. The monoisotopic (exact) mass is 348 g/mol. The first-order chi connectivity index (χ1) is 12.4. The van der Waals surface area contributed by atoms with Gasteiger partial charge in [0.15, 0.2) is 5.13 Å². The largest absolute Gasteiger partial charge is 0.353 e. The molecule has 0 unspecified atom stereocenters. The molecule has 1 aliphatic carbocycles. The Labute approximate surface area is 150 Å². The molecular formula is C20H20N4S. The van der Waals surface area contributed by atoms with Gasteiger partial charge in [-0.2, -0.15) is 0 Å². The summed E-state index contributed by atoms with van der Waals surface area (Å²) >= 11 is 1.72. The van der Waals surface area contributed by atoms with Crippen LogP contribution in [0.5, 0.6) is 0 Å². The standard InChI is InChI=1S/C20H20N4S/c1-2-8-14(9-3-1)21-19-22-15-10-4-6-12-17(15)24(19)20-23-16-11-5-7-13-18(16)25-20/h4-7,10-14H,1-3,8-9H2,(H,21,22). The van der Waals surface area contributed by atoms with Gasteiger partial charge in [-0.3, -0.25) is 4.57 Å². The lowest BCUT2D eigenvalue weighted by molar-refractivity contribution is 0.460. The maximum absolute atomic E-state index is 4.87. The molecule has 0 aliphatic heterocycles. The van der Waals surface area contributed by atoms with Crippen LogP contribution in [0.3, 0.4) is 0 Å². The number of para-hydroxylation sites is 3. The predicted molar refractivity (Wildman–Crippen MR) is 105 cm³/mol. The highest BCUT2D eigenvalue weighted by atomic mass is 32.1. The Kier molecular flexibility index (Phi) is 3.67. The van der Waals surface area contributed by atoms with Gasteiger partial charge >= 0.3 is 0 Å². The van der Waals surface area contributed by atoms with Crippen molar-refractivity contribution in [2.75, 3.05) is 5.32 Å². The summed E-state index contributed by atoms with van der Waals surface area (Å²) in [5, 5.41) is 4.68. The van der Waals surface area contributed by atoms with Crippen LogP contribution in [0.2, 0.25) is 0 Å². The zero-order chi connectivity index (χ0) is 16.6. The Bertz CT molecular complexity index is 993. The second kappa shape index (κ2) is 6.15. The van der Waals surface area contributed by atoms with Crippen LogP contribution >= 0.6 is 11.3 Å². The number of aromatic nitrogens is 3. The summed E-state index contributed by atoms with van der Waals surface area (Å²) in [5.41, 5.74) is 3.17. The molecule has 1 aliphatic rings. The highest BCUT2D eigenvalue weighted by Crippen LogP contribution is 2.32. The van der Waals surface area contributed by atoms with E-state index in [0.29, 0.717) is 6.04 Å². The minimum absolute atomic E-state index is 0.513. The van der Waals surface area contributed by atoms with Gasteiger partial charge in [-0.25, -0.2) is 9.97 Å². The molecule has 5 heteroatoms. The number of hydrogen-bond acceptors (Lipinski definition) is 4. The normalized spacial score (nSPS) is 15.8. The molecule has 0 bridgehead atoms. The number of fused-ring (bicyclic) bond motifs is 2. The topological polar surface area (TPSA) is 42.7 Å². The summed E-state index contributed by atoms with van der Waals surface area (Å²) in [6.45, 7) is 0. The van der Waals surface area contributed by atoms with Crippen LogP contribution in [0, 0.1) is 0 Å². The number of nitrogens with zero attached hydrogens (tertiary/aromatic N) is 3. The number of benzene rings is 2. The van der Waals surface area contributed by atoms with Crippen LogP contribution in [0.1, 0.15) is 32.1 Å². The van der Waals surface area contributed by atoms with Crippen molar-refractivity contribution in [1.29, 1.82) is 0 Å². The first-order valence-electron chi connectivity index (χ1n) is 8.98. The van der Waals surface area contributed by atoms with Gasteiger partial charge in [-0.05, 0) is 37.1 Å². The first kappa shape index (κ1) is 14.9.